The van der Waals surface area contributed by atoms with Crippen molar-refractivity contribution in [2.45, 2.75) is 6.42 Å². The van der Waals surface area contributed by atoms with Crippen LogP contribution in [0.1, 0.15) is 15.9 Å². The van der Waals surface area contributed by atoms with Gasteiger partial charge in [-0.25, -0.2) is 4.79 Å². The third-order valence-corrected chi connectivity index (χ3v) is 3.62. The van der Waals surface area contributed by atoms with Gasteiger partial charge in [-0.15, -0.1) is 0 Å². The molecule has 0 radical (unpaired) electrons. The van der Waals surface area contributed by atoms with Gasteiger partial charge in [0.25, 0.3) is 0 Å². The number of rotatable bonds is 4. The van der Waals surface area contributed by atoms with Gasteiger partial charge in [0.15, 0.2) is 0 Å². The van der Waals surface area contributed by atoms with Crippen molar-refractivity contribution in [2.75, 3.05) is 5.32 Å². The average molecular weight is 369 g/mol. The molecule has 0 atom stereocenters. The van der Waals surface area contributed by atoms with Crippen molar-refractivity contribution in [2.24, 2.45) is 0 Å². The third-order valence-electron chi connectivity index (χ3n) is 2.80. The maximum atomic E-state index is 12.0. The van der Waals surface area contributed by atoms with Gasteiger partial charge in [0.05, 0.1) is 22.7 Å². The third kappa shape index (κ3) is 4.06. The highest BCUT2D eigenvalue weighted by Gasteiger charge is 2.13. The van der Waals surface area contributed by atoms with Gasteiger partial charge >= 0.3 is 5.97 Å². The summed E-state index contributed by atoms with van der Waals surface area (Å²) in [6, 6.07) is 11.5. The molecule has 2 aromatic carbocycles. The van der Waals surface area contributed by atoms with Crippen molar-refractivity contribution >= 4 is 45.1 Å². The van der Waals surface area contributed by atoms with Crippen molar-refractivity contribution < 1.29 is 14.7 Å². The van der Waals surface area contributed by atoms with E-state index in [4.69, 9.17) is 16.7 Å². The Balaban J connectivity index is 2.16. The molecule has 0 bridgehead atoms. The summed E-state index contributed by atoms with van der Waals surface area (Å²) in [4.78, 5) is 23.1. The normalized spacial score (nSPS) is 10.2. The van der Waals surface area contributed by atoms with Crippen LogP contribution in [0.4, 0.5) is 5.69 Å². The van der Waals surface area contributed by atoms with Crippen LogP contribution in [0, 0.1) is 0 Å². The smallest absolute Gasteiger partial charge is 0.335 e. The number of benzene rings is 2. The van der Waals surface area contributed by atoms with Crippen LogP contribution in [0.15, 0.2) is 46.9 Å². The van der Waals surface area contributed by atoms with Crippen LogP contribution in [-0.4, -0.2) is 17.0 Å². The summed E-state index contributed by atoms with van der Waals surface area (Å²) in [6.45, 7) is 0. The number of halogens is 2. The zero-order chi connectivity index (χ0) is 15.4. The number of nitrogens with one attached hydrogen (secondary N) is 1. The molecule has 21 heavy (non-hydrogen) atoms. The zero-order valence-corrected chi connectivity index (χ0v) is 13.1. The maximum Gasteiger partial charge on any atom is 0.335 e. The fraction of sp³-hybridized carbons (Fsp3) is 0.0667. The van der Waals surface area contributed by atoms with E-state index >= 15 is 0 Å². The maximum absolute atomic E-state index is 12.0. The monoisotopic (exact) mass is 367 g/mol. The fourth-order valence-corrected chi connectivity index (χ4v) is 2.37. The minimum Gasteiger partial charge on any atom is -0.478 e. The molecule has 2 rings (SSSR count). The number of hydrogen-bond donors (Lipinski definition) is 2. The van der Waals surface area contributed by atoms with E-state index in [9.17, 15) is 9.59 Å². The Labute approximate surface area is 134 Å². The Bertz CT molecular complexity index is 703. The van der Waals surface area contributed by atoms with Crippen LogP contribution >= 0.6 is 27.5 Å². The molecule has 4 nitrogen and oxygen atoms in total. The SMILES string of the molecule is O=C(Cc1ccccc1C(=O)O)Nc1cc(Br)ccc1Cl. The molecule has 0 aromatic heterocycles. The van der Waals surface area contributed by atoms with Crippen LogP contribution in [0.2, 0.25) is 5.02 Å². The lowest BCUT2D eigenvalue weighted by molar-refractivity contribution is -0.115. The summed E-state index contributed by atoms with van der Waals surface area (Å²) in [5.74, 6) is -1.39. The minimum absolute atomic E-state index is 0.0364. The van der Waals surface area contributed by atoms with Gasteiger partial charge in [-0.2, -0.15) is 0 Å². The Hall–Kier alpha value is -1.85. The Morgan fingerprint density at radius 3 is 2.62 bits per heavy atom. The first-order valence-electron chi connectivity index (χ1n) is 6.03. The van der Waals surface area contributed by atoms with Crippen LogP contribution in [-0.2, 0) is 11.2 Å². The molecule has 2 aromatic rings. The van der Waals surface area contributed by atoms with E-state index in [1.54, 1.807) is 36.4 Å². The summed E-state index contributed by atoms with van der Waals surface area (Å²) in [5.41, 5.74) is 1.05. The van der Waals surface area contributed by atoms with Gasteiger partial charge in [0, 0.05) is 4.47 Å². The lowest BCUT2D eigenvalue weighted by Gasteiger charge is -2.09. The quantitative estimate of drug-likeness (QED) is 0.858. The molecular formula is C15H11BrClNO3. The second-order valence-corrected chi connectivity index (χ2v) is 5.63. The highest BCUT2D eigenvalue weighted by Crippen LogP contribution is 2.25. The van der Waals surface area contributed by atoms with Gasteiger partial charge in [-0.1, -0.05) is 45.7 Å². The molecule has 6 heteroatoms. The molecule has 0 aliphatic heterocycles. The van der Waals surface area contributed by atoms with E-state index in [2.05, 4.69) is 21.2 Å². The first-order chi connectivity index (χ1) is 9.97. The number of carbonyl (C=O) groups excluding carboxylic acids is 1. The molecule has 0 aliphatic rings. The number of carbonyl (C=O) groups is 2. The first kappa shape index (κ1) is 15.5. The number of anilines is 1. The molecular weight excluding hydrogens is 358 g/mol. The number of carboxylic acid groups (broad SMARTS) is 1. The van der Waals surface area contributed by atoms with Gasteiger partial charge in [0.2, 0.25) is 5.91 Å². The van der Waals surface area contributed by atoms with E-state index in [0.717, 1.165) is 4.47 Å². The predicted octanol–water partition coefficient (Wildman–Crippen LogP) is 3.98. The van der Waals surface area contributed by atoms with Gasteiger partial charge in [-0.05, 0) is 29.8 Å². The van der Waals surface area contributed by atoms with Crippen molar-refractivity contribution in [3.05, 3.63) is 63.1 Å². The minimum atomic E-state index is -1.06. The highest BCUT2D eigenvalue weighted by molar-refractivity contribution is 9.10. The predicted molar refractivity (Wildman–Crippen MR) is 84.9 cm³/mol. The summed E-state index contributed by atoms with van der Waals surface area (Å²) in [5, 5.41) is 12.2. The van der Waals surface area contributed by atoms with Crippen LogP contribution in [0.25, 0.3) is 0 Å². The molecule has 0 saturated carbocycles. The lowest BCUT2D eigenvalue weighted by atomic mass is 10.0. The number of amides is 1. The van der Waals surface area contributed by atoms with Crippen molar-refractivity contribution in [3.8, 4) is 0 Å². The molecule has 0 heterocycles. The molecule has 0 unspecified atom stereocenters. The molecule has 0 saturated heterocycles. The lowest BCUT2D eigenvalue weighted by Crippen LogP contribution is -2.16. The Morgan fingerprint density at radius 1 is 1.19 bits per heavy atom. The number of carboxylic acids is 1. The molecule has 1 amide bonds. The van der Waals surface area contributed by atoms with Crippen molar-refractivity contribution in [3.63, 3.8) is 0 Å². The summed E-state index contributed by atoms with van der Waals surface area (Å²) in [6.07, 6.45) is -0.0364. The van der Waals surface area contributed by atoms with E-state index in [0.29, 0.717) is 16.3 Å². The van der Waals surface area contributed by atoms with Crippen molar-refractivity contribution in [1.29, 1.82) is 0 Å². The largest absolute Gasteiger partial charge is 0.478 e. The number of hydrogen-bond acceptors (Lipinski definition) is 2. The van der Waals surface area contributed by atoms with Crippen LogP contribution in [0.3, 0.4) is 0 Å². The van der Waals surface area contributed by atoms with Crippen LogP contribution < -0.4 is 5.32 Å². The van der Waals surface area contributed by atoms with Gasteiger partial charge in [-0.3, -0.25) is 4.79 Å². The van der Waals surface area contributed by atoms with E-state index in [-0.39, 0.29) is 17.9 Å². The molecule has 2 N–H and O–H groups in total. The topological polar surface area (TPSA) is 66.4 Å². The van der Waals surface area contributed by atoms with Gasteiger partial charge < -0.3 is 10.4 Å². The average Bonchev–Trinajstić information content (AvgIpc) is 2.43. The van der Waals surface area contributed by atoms with Crippen LogP contribution in [0.5, 0.6) is 0 Å². The number of aromatic carboxylic acids is 1. The highest BCUT2D eigenvalue weighted by atomic mass is 79.9. The van der Waals surface area contributed by atoms with Gasteiger partial charge in [0.1, 0.15) is 0 Å². The zero-order valence-electron chi connectivity index (χ0n) is 10.8. The van der Waals surface area contributed by atoms with E-state index < -0.39 is 5.97 Å². The molecule has 0 fully saturated rings. The first-order valence-corrected chi connectivity index (χ1v) is 7.20. The second kappa shape index (κ2) is 6.74. The summed E-state index contributed by atoms with van der Waals surface area (Å²) in [7, 11) is 0. The fourth-order valence-electron chi connectivity index (χ4n) is 1.84. The molecule has 108 valence electrons. The molecule has 0 spiro atoms. The Morgan fingerprint density at radius 2 is 1.90 bits per heavy atom. The van der Waals surface area contributed by atoms with Crippen molar-refractivity contribution in [1.82, 2.24) is 0 Å². The van der Waals surface area contributed by atoms with E-state index in [1.165, 1.54) is 6.07 Å². The summed E-state index contributed by atoms with van der Waals surface area (Å²) < 4.78 is 0.785. The Kier molecular flexibility index (Phi) is 4.98. The second-order valence-electron chi connectivity index (χ2n) is 4.31. The molecule has 0 aliphatic carbocycles. The summed E-state index contributed by atoms with van der Waals surface area (Å²) >= 11 is 9.29. The van der Waals surface area contributed by atoms with E-state index in [1.807, 2.05) is 0 Å². The standard InChI is InChI=1S/C15H11BrClNO3/c16-10-5-6-12(17)13(8-10)18-14(19)7-9-3-1-2-4-11(9)15(20)21/h1-6,8H,7H2,(H,18,19)(H,20,21).